The van der Waals surface area contributed by atoms with Crippen LogP contribution in [0.2, 0.25) is 0 Å². The Morgan fingerprint density at radius 2 is 1.80 bits per heavy atom. The van der Waals surface area contributed by atoms with Crippen molar-refractivity contribution in [1.82, 2.24) is 14.8 Å². The molecule has 0 aliphatic carbocycles. The molecule has 1 aromatic heterocycles. The zero-order chi connectivity index (χ0) is 18.0. The summed E-state index contributed by atoms with van der Waals surface area (Å²) in [5, 5.41) is 2.64. The molecule has 1 amide bonds. The van der Waals surface area contributed by atoms with Crippen molar-refractivity contribution < 1.29 is 18.0 Å². The number of amides is 1. The van der Waals surface area contributed by atoms with E-state index in [0.717, 1.165) is 25.2 Å². The molecule has 0 saturated carbocycles. The van der Waals surface area contributed by atoms with Gasteiger partial charge in [0.15, 0.2) is 17.5 Å². The van der Waals surface area contributed by atoms with Crippen molar-refractivity contribution in [2.75, 3.05) is 38.5 Å². The Kier molecular flexibility index (Phi) is 4.89. The van der Waals surface area contributed by atoms with Gasteiger partial charge in [-0.3, -0.25) is 9.78 Å². The third-order valence-electron chi connectivity index (χ3n) is 4.08. The second kappa shape index (κ2) is 7.10. The van der Waals surface area contributed by atoms with Gasteiger partial charge in [-0.15, -0.1) is 0 Å². The summed E-state index contributed by atoms with van der Waals surface area (Å²) in [4.78, 5) is 20.4. The van der Waals surface area contributed by atoms with Crippen molar-refractivity contribution in [3.63, 3.8) is 0 Å². The van der Waals surface area contributed by atoms with Crippen LogP contribution in [-0.4, -0.2) is 53.9 Å². The van der Waals surface area contributed by atoms with E-state index in [4.69, 9.17) is 0 Å². The van der Waals surface area contributed by atoms with Crippen LogP contribution in [0.3, 0.4) is 0 Å². The van der Waals surface area contributed by atoms with Gasteiger partial charge in [0.25, 0.3) is 5.91 Å². The molecule has 0 unspecified atom stereocenters. The summed E-state index contributed by atoms with van der Waals surface area (Å²) >= 11 is 0. The van der Waals surface area contributed by atoms with E-state index < -0.39 is 17.5 Å². The Hall–Kier alpha value is -2.61. The summed E-state index contributed by atoms with van der Waals surface area (Å²) < 4.78 is 40.1. The van der Waals surface area contributed by atoms with Gasteiger partial charge in [0.1, 0.15) is 5.69 Å². The van der Waals surface area contributed by atoms with E-state index in [2.05, 4.69) is 15.2 Å². The molecule has 25 heavy (non-hydrogen) atoms. The number of aromatic nitrogens is 1. The van der Waals surface area contributed by atoms with Crippen LogP contribution in [-0.2, 0) is 0 Å². The fraction of sp³-hybridized carbons (Fsp3) is 0.294. The quantitative estimate of drug-likeness (QED) is 0.865. The molecule has 0 radical (unpaired) electrons. The van der Waals surface area contributed by atoms with Crippen LogP contribution in [0.25, 0.3) is 0 Å². The molecular formula is C17H17F3N4O. The maximum Gasteiger partial charge on any atom is 0.272 e. The Morgan fingerprint density at radius 3 is 2.52 bits per heavy atom. The number of carbonyl (C=O) groups excluding carboxylic acids is 1. The van der Waals surface area contributed by atoms with Crippen molar-refractivity contribution in [3.8, 4) is 0 Å². The lowest BCUT2D eigenvalue weighted by atomic mass is 10.2. The van der Waals surface area contributed by atoms with Crippen molar-refractivity contribution in [2.24, 2.45) is 0 Å². The molecule has 1 aromatic carbocycles. The number of anilines is 2. The number of halogens is 3. The summed E-state index contributed by atoms with van der Waals surface area (Å²) in [6.45, 7) is 2.77. The molecule has 1 N–H and O–H groups in total. The predicted molar refractivity (Wildman–Crippen MR) is 87.2 cm³/mol. The molecule has 2 aromatic rings. The number of piperazine rings is 1. The van der Waals surface area contributed by atoms with E-state index in [-0.39, 0.29) is 17.3 Å². The van der Waals surface area contributed by atoms with Crippen LogP contribution < -0.4 is 5.32 Å². The van der Waals surface area contributed by atoms with Gasteiger partial charge < -0.3 is 15.1 Å². The third-order valence-corrected chi connectivity index (χ3v) is 4.08. The highest BCUT2D eigenvalue weighted by Crippen LogP contribution is 2.24. The monoisotopic (exact) mass is 350 g/mol. The average Bonchev–Trinajstić information content (AvgIpc) is 2.62. The van der Waals surface area contributed by atoms with Gasteiger partial charge in [-0.25, -0.2) is 13.2 Å². The normalized spacial score (nSPS) is 15.3. The summed E-state index contributed by atoms with van der Waals surface area (Å²) in [7, 11) is 1.99. The van der Waals surface area contributed by atoms with Crippen molar-refractivity contribution in [2.45, 2.75) is 0 Å². The highest BCUT2D eigenvalue weighted by Gasteiger charge is 2.21. The Labute approximate surface area is 143 Å². The summed E-state index contributed by atoms with van der Waals surface area (Å²) in [5.41, 5.74) is 0.345. The molecule has 1 saturated heterocycles. The zero-order valence-electron chi connectivity index (χ0n) is 13.6. The molecule has 0 spiro atoms. The highest BCUT2D eigenvalue weighted by atomic mass is 19.2. The van der Waals surface area contributed by atoms with E-state index in [1.54, 1.807) is 4.90 Å². The number of benzene rings is 1. The van der Waals surface area contributed by atoms with E-state index in [9.17, 15) is 18.0 Å². The average molecular weight is 350 g/mol. The second-order valence-corrected chi connectivity index (χ2v) is 5.87. The van der Waals surface area contributed by atoms with Gasteiger partial charge in [-0.1, -0.05) is 0 Å². The van der Waals surface area contributed by atoms with E-state index in [0.29, 0.717) is 18.8 Å². The van der Waals surface area contributed by atoms with Gasteiger partial charge in [-0.2, -0.15) is 0 Å². The SMILES string of the molecule is CN1CCN(C(=O)c2cc(Nc3ccc(F)c(F)c3F)ccn2)CC1. The third kappa shape index (κ3) is 3.74. The lowest BCUT2D eigenvalue weighted by molar-refractivity contribution is 0.0658. The number of nitrogens with one attached hydrogen (secondary N) is 1. The topological polar surface area (TPSA) is 48.5 Å². The van der Waals surface area contributed by atoms with Crippen molar-refractivity contribution in [1.29, 1.82) is 0 Å². The first-order valence-electron chi connectivity index (χ1n) is 7.80. The lowest BCUT2D eigenvalue weighted by Gasteiger charge is -2.32. The van der Waals surface area contributed by atoms with Gasteiger partial charge in [-0.05, 0) is 31.3 Å². The molecule has 132 valence electrons. The molecule has 0 bridgehead atoms. The predicted octanol–water partition coefficient (Wildman–Crippen LogP) is 2.63. The number of hydrogen-bond donors (Lipinski definition) is 1. The van der Waals surface area contributed by atoms with Crippen molar-refractivity contribution >= 4 is 17.3 Å². The second-order valence-electron chi connectivity index (χ2n) is 5.87. The van der Waals surface area contributed by atoms with Crippen LogP contribution in [0.1, 0.15) is 10.5 Å². The Balaban J connectivity index is 1.78. The maximum absolute atomic E-state index is 13.8. The Morgan fingerprint density at radius 1 is 1.08 bits per heavy atom. The molecule has 1 aliphatic heterocycles. The first-order valence-corrected chi connectivity index (χ1v) is 7.80. The van der Waals surface area contributed by atoms with Gasteiger partial charge in [0, 0.05) is 38.1 Å². The van der Waals surface area contributed by atoms with E-state index >= 15 is 0 Å². The van der Waals surface area contributed by atoms with Crippen LogP contribution >= 0.6 is 0 Å². The number of pyridine rings is 1. The molecule has 0 atom stereocenters. The number of hydrogen-bond acceptors (Lipinski definition) is 4. The standard InChI is InChI=1S/C17H17F3N4O/c1-23-6-8-24(9-7-23)17(25)14-10-11(4-5-21-14)22-13-3-2-12(18)15(19)16(13)20/h2-5,10H,6-9H2,1H3,(H,21,22). The smallest absolute Gasteiger partial charge is 0.272 e. The molecule has 1 aliphatic rings. The first-order chi connectivity index (χ1) is 12.0. The number of carbonyl (C=O) groups is 1. The number of likely N-dealkylation sites (N-methyl/N-ethyl adjacent to an activating group) is 1. The minimum absolute atomic E-state index is 0.206. The molecule has 8 heteroatoms. The first kappa shape index (κ1) is 17.2. The minimum atomic E-state index is -1.55. The largest absolute Gasteiger partial charge is 0.353 e. The highest BCUT2D eigenvalue weighted by molar-refractivity contribution is 5.93. The van der Waals surface area contributed by atoms with E-state index in [1.807, 2.05) is 7.05 Å². The zero-order valence-corrected chi connectivity index (χ0v) is 13.6. The summed E-state index contributed by atoms with van der Waals surface area (Å²) in [5.74, 6) is -4.34. The molecular weight excluding hydrogens is 333 g/mol. The molecule has 3 rings (SSSR count). The molecule has 5 nitrogen and oxygen atoms in total. The fourth-order valence-electron chi connectivity index (χ4n) is 2.57. The summed E-state index contributed by atoms with van der Waals surface area (Å²) in [6.07, 6.45) is 1.41. The van der Waals surface area contributed by atoms with Crippen LogP contribution in [0.4, 0.5) is 24.5 Å². The lowest BCUT2D eigenvalue weighted by Crippen LogP contribution is -2.47. The Bertz CT molecular complexity index is 791. The van der Waals surface area contributed by atoms with Crippen molar-refractivity contribution in [3.05, 3.63) is 53.6 Å². The van der Waals surface area contributed by atoms with Gasteiger partial charge in [0.05, 0.1) is 5.69 Å². The minimum Gasteiger partial charge on any atom is -0.353 e. The number of rotatable bonds is 3. The van der Waals surface area contributed by atoms with Crippen LogP contribution in [0, 0.1) is 17.5 Å². The van der Waals surface area contributed by atoms with Crippen LogP contribution in [0.5, 0.6) is 0 Å². The van der Waals surface area contributed by atoms with Gasteiger partial charge in [0.2, 0.25) is 0 Å². The summed E-state index contributed by atoms with van der Waals surface area (Å²) in [6, 6.07) is 4.90. The van der Waals surface area contributed by atoms with Gasteiger partial charge >= 0.3 is 0 Å². The fourth-order valence-corrected chi connectivity index (χ4v) is 2.57. The maximum atomic E-state index is 13.8. The number of nitrogens with zero attached hydrogens (tertiary/aromatic N) is 3. The molecule has 1 fully saturated rings. The van der Waals surface area contributed by atoms with Crippen LogP contribution in [0.15, 0.2) is 30.5 Å². The van der Waals surface area contributed by atoms with E-state index in [1.165, 1.54) is 18.3 Å². The molecule has 2 heterocycles.